The number of nitrogens with one attached hydrogen (secondary N) is 1. The largest absolute Gasteiger partial charge is 0.281 e. The van der Waals surface area contributed by atoms with Crippen LogP contribution < -0.4 is 4.72 Å². The van der Waals surface area contributed by atoms with Crippen LogP contribution in [0.3, 0.4) is 0 Å². The minimum Gasteiger partial charge on any atom is -0.281 e. The van der Waals surface area contributed by atoms with Gasteiger partial charge in [0.2, 0.25) is 16.0 Å². The van der Waals surface area contributed by atoms with E-state index in [-0.39, 0.29) is 5.69 Å². The van der Waals surface area contributed by atoms with Crippen LogP contribution in [0.2, 0.25) is 0 Å². The lowest BCUT2D eigenvalue weighted by Gasteiger charge is -2.08. The molecule has 0 saturated heterocycles. The number of hydrogen-bond donors (Lipinski definition) is 1. The van der Waals surface area contributed by atoms with Crippen LogP contribution >= 0.6 is 0 Å². The van der Waals surface area contributed by atoms with Gasteiger partial charge in [0.1, 0.15) is 0 Å². The molecule has 0 aliphatic heterocycles. The van der Waals surface area contributed by atoms with Gasteiger partial charge >= 0.3 is 0 Å². The van der Waals surface area contributed by atoms with E-state index in [1.807, 2.05) is 0 Å². The van der Waals surface area contributed by atoms with Crippen LogP contribution in [0.1, 0.15) is 6.92 Å². The van der Waals surface area contributed by atoms with Crippen LogP contribution in [0, 0.1) is 17.3 Å². The first-order valence-corrected chi connectivity index (χ1v) is 5.53. The maximum atomic E-state index is 12.4. The van der Waals surface area contributed by atoms with E-state index in [9.17, 15) is 12.8 Å². The summed E-state index contributed by atoms with van der Waals surface area (Å²) in [6.45, 7) is 1.25. The predicted molar refractivity (Wildman–Crippen MR) is 51.8 cm³/mol. The van der Waals surface area contributed by atoms with Crippen molar-refractivity contribution in [2.45, 2.75) is 12.2 Å². The van der Waals surface area contributed by atoms with Crippen molar-refractivity contribution in [2.24, 2.45) is 0 Å². The van der Waals surface area contributed by atoms with Gasteiger partial charge < -0.3 is 0 Å². The van der Waals surface area contributed by atoms with Gasteiger partial charge in [-0.25, -0.2) is 13.4 Å². The Balaban J connectivity index is 2.88. The zero-order chi connectivity index (χ0) is 11.5. The van der Waals surface area contributed by atoms with Gasteiger partial charge in [-0.3, -0.25) is 4.72 Å². The zero-order valence-electron chi connectivity index (χ0n) is 7.81. The molecule has 0 amide bonds. The lowest BCUT2D eigenvalue weighted by molar-refractivity contribution is 0.583. The third-order valence-corrected chi connectivity index (χ3v) is 3.19. The van der Waals surface area contributed by atoms with Crippen molar-refractivity contribution in [1.29, 1.82) is 5.26 Å². The first kappa shape index (κ1) is 11.4. The topological polar surface area (TPSA) is 82.8 Å². The zero-order valence-corrected chi connectivity index (χ0v) is 8.62. The van der Waals surface area contributed by atoms with Crippen molar-refractivity contribution in [1.82, 2.24) is 4.98 Å². The van der Waals surface area contributed by atoms with Gasteiger partial charge in [0.05, 0.1) is 18.0 Å². The highest BCUT2D eigenvalue weighted by Gasteiger charge is 2.19. The summed E-state index contributed by atoms with van der Waals surface area (Å²) in [6.07, 6.45) is 1.04. The Hall–Kier alpha value is -1.68. The summed E-state index contributed by atoms with van der Waals surface area (Å²) in [7, 11) is -3.75. The number of pyridine rings is 1. The molecule has 5 nitrogen and oxygen atoms in total. The molecule has 0 fully saturated rings. The summed E-state index contributed by atoms with van der Waals surface area (Å²) in [4.78, 5) is 3.27. The van der Waals surface area contributed by atoms with Gasteiger partial charge in [-0.1, -0.05) is 0 Å². The average molecular weight is 229 g/mol. The number of hydrogen-bond acceptors (Lipinski definition) is 4. The summed E-state index contributed by atoms with van der Waals surface area (Å²) in [5.41, 5.74) is 0.124. The molecule has 1 aromatic heterocycles. The molecular formula is C8H8FN3O2S. The van der Waals surface area contributed by atoms with E-state index in [2.05, 4.69) is 9.71 Å². The lowest BCUT2D eigenvalue weighted by atomic mass is 10.4. The van der Waals surface area contributed by atoms with Crippen LogP contribution in [0.5, 0.6) is 0 Å². The molecule has 80 valence electrons. The third-order valence-electron chi connectivity index (χ3n) is 1.63. The predicted octanol–water partition coefficient (Wildman–Crippen LogP) is 0.874. The molecule has 1 heterocycles. The molecule has 15 heavy (non-hydrogen) atoms. The van der Waals surface area contributed by atoms with Crippen LogP contribution in [0.15, 0.2) is 18.3 Å². The number of sulfonamides is 1. The molecule has 0 aliphatic carbocycles. The van der Waals surface area contributed by atoms with Crippen molar-refractivity contribution < 1.29 is 12.8 Å². The number of rotatable bonds is 3. The van der Waals surface area contributed by atoms with Crippen molar-refractivity contribution in [3.63, 3.8) is 0 Å². The lowest BCUT2D eigenvalue weighted by Crippen LogP contribution is -2.23. The third kappa shape index (κ3) is 2.89. The fourth-order valence-electron chi connectivity index (χ4n) is 0.758. The molecule has 1 unspecified atom stereocenters. The Kier molecular flexibility index (Phi) is 3.21. The maximum absolute atomic E-state index is 12.4. The van der Waals surface area contributed by atoms with Gasteiger partial charge in [-0.2, -0.15) is 9.65 Å². The molecule has 0 bridgehead atoms. The number of halogens is 1. The molecule has 1 N–H and O–H groups in total. The number of aromatic nitrogens is 1. The quantitative estimate of drug-likeness (QED) is 0.780. The van der Waals surface area contributed by atoms with Gasteiger partial charge in [0.15, 0.2) is 5.25 Å². The molecule has 0 aliphatic rings. The van der Waals surface area contributed by atoms with Gasteiger partial charge in [-0.15, -0.1) is 0 Å². The van der Waals surface area contributed by atoms with Gasteiger partial charge in [0.25, 0.3) is 0 Å². The van der Waals surface area contributed by atoms with Crippen molar-refractivity contribution in [2.75, 3.05) is 4.72 Å². The molecule has 0 aromatic carbocycles. The average Bonchev–Trinajstić information content (AvgIpc) is 2.20. The SMILES string of the molecule is CC(C#N)S(=O)(=O)Nc1ccc(F)nc1. The first-order valence-electron chi connectivity index (χ1n) is 3.98. The summed E-state index contributed by atoms with van der Waals surface area (Å²) >= 11 is 0. The summed E-state index contributed by atoms with van der Waals surface area (Å²) in [6, 6.07) is 3.84. The molecule has 1 rings (SSSR count). The Morgan fingerprint density at radius 2 is 2.27 bits per heavy atom. The van der Waals surface area contributed by atoms with Crippen LogP contribution in [0.25, 0.3) is 0 Å². The molecule has 1 aromatic rings. The molecule has 1 atom stereocenters. The van der Waals surface area contributed by atoms with Crippen molar-refractivity contribution in [3.05, 3.63) is 24.3 Å². The van der Waals surface area contributed by atoms with Crippen molar-refractivity contribution in [3.8, 4) is 6.07 Å². The Labute approximate surface area is 86.6 Å². The minimum absolute atomic E-state index is 0.124. The standard InChI is InChI=1S/C8H8FN3O2S/c1-6(4-10)15(13,14)12-7-2-3-8(9)11-5-7/h2-3,5-6,12H,1H3. The molecule has 7 heteroatoms. The summed E-state index contributed by atoms with van der Waals surface area (Å²) in [5.74, 6) is -0.703. The molecular weight excluding hydrogens is 221 g/mol. The second-order valence-electron chi connectivity index (χ2n) is 2.79. The monoisotopic (exact) mass is 229 g/mol. The number of nitriles is 1. The van der Waals surface area contributed by atoms with E-state index < -0.39 is 21.2 Å². The van der Waals surface area contributed by atoms with Crippen LogP contribution in [0.4, 0.5) is 10.1 Å². The highest BCUT2D eigenvalue weighted by atomic mass is 32.2. The van der Waals surface area contributed by atoms with E-state index in [1.54, 1.807) is 6.07 Å². The minimum atomic E-state index is -3.75. The molecule has 0 spiro atoms. The second kappa shape index (κ2) is 4.23. The Morgan fingerprint density at radius 3 is 2.73 bits per heavy atom. The summed E-state index contributed by atoms with van der Waals surface area (Å²) in [5, 5.41) is 7.27. The maximum Gasteiger partial charge on any atom is 0.248 e. The fraction of sp³-hybridized carbons (Fsp3) is 0.250. The second-order valence-corrected chi connectivity index (χ2v) is 4.79. The highest BCUT2D eigenvalue weighted by molar-refractivity contribution is 7.93. The Bertz CT molecular complexity index is 478. The first-order chi connectivity index (χ1) is 6.95. The van der Waals surface area contributed by atoms with Crippen molar-refractivity contribution >= 4 is 15.7 Å². The fourth-order valence-corrected chi connectivity index (χ4v) is 1.52. The summed E-state index contributed by atoms with van der Waals surface area (Å²) < 4.78 is 37.2. The Morgan fingerprint density at radius 1 is 1.60 bits per heavy atom. The van der Waals surface area contributed by atoms with E-state index in [4.69, 9.17) is 5.26 Å². The van der Waals surface area contributed by atoms with Crippen LogP contribution in [-0.2, 0) is 10.0 Å². The molecule has 0 radical (unpaired) electrons. The number of nitrogens with zero attached hydrogens (tertiary/aromatic N) is 2. The number of anilines is 1. The van der Waals surface area contributed by atoms with E-state index >= 15 is 0 Å². The van der Waals surface area contributed by atoms with E-state index in [0.29, 0.717) is 0 Å². The van der Waals surface area contributed by atoms with Gasteiger partial charge in [0, 0.05) is 0 Å². The van der Waals surface area contributed by atoms with Crippen LogP contribution in [-0.4, -0.2) is 18.7 Å². The molecule has 0 saturated carbocycles. The normalized spacial score (nSPS) is 12.9. The van der Waals surface area contributed by atoms with E-state index in [1.165, 1.54) is 13.0 Å². The van der Waals surface area contributed by atoms with E-state index in [0.717, 1.165) is 12.3 Å². The smallest absolute Gasteiger partial charge is 0.248 e. The van der Waals surface area contributed by atoms with Gasteiger partial charge in [-0.05, 0) is 19.1 Å². The highest BCUT2D eigenvalue weighted by Crippen LogP contribution is 2.10.